The minimum atomic E-state index is -0.446. The number of hydrogen-bond acceptors (Lipinski definition) is 5. The van der Waals surface area contributed by atoms with Gasteiger partial charge in [-0.05, 0) is 55.0 Å². The maximum atomic E-state index is 12.9. The maximum Gasteiger partial charge on any atom is 0.263 e. The largest absolute Gasteiger partial charge is 0.497 e. The van der Waals surface area contributed by atoms with Gasteiger partial charge in [-0.2, -0.15) is 0 Å². The van der Waals surface area contributed by atoms with E-state index in [-0.39, 0.29) is 5.56 Å². The number of methoxy groups -OCH3 is 2. The highest BCUT2D eigenvalue weighted by Gasteiger charge is 2.20. The number of amides is 1. The Labute approximate surface area is 162 Å². The van der Waals surface area contributed by atoms with Crippen molar-refractivity contribution in [3.63, 3.8) is 0 Å². The summed E-state index contributed by atoms with van der Waals surface area (Å²) in [6.07, 6.45) is 1.54. The van der Waals surface area contributed by atoms with Crippen molar-refractivity contribution in [3.05, 3.63) is 70.6 Å². The van der Waals surface area contributed by atoms with Crippen LogP contribution in [0.25, 0.3) is 11.3 Å². The number of benzene rings is 1. The molecule has 1 N–H and O–H groups in total. The Morgan fingerprint density at radius 3 is 2.32 bits per heavy atom. The summed E-state index contributed by atoms with van der Waals surface area (Å²) in [4.78, 5) is 33.9. The molecule has 1 amide bonds. The number of hydrogen-bond donors (Lipinski definition) is 1. The SMILES string of the molecule is CCN(C(=O)c1ccc(-c2ccc(OC)cc2)[nH]c1=O)c1ccc(OC)nc1. The second-order valence-corrected chi connectivity index (χ2v) is 5.95. The maximum absolute atomic E-state index is 12.9. The summed E-state index contributed by atoms with van der Waals surface area (Å²) in [7, 11) is 3.11. The van der Waals surface area contributed by atoms with Gasteiger partial charge >= 0.3 is 0 Å². The number of carbonyl (C=O) groups is 1. The number of nitrogens with zero attached hydrogens (tertiary/aromatic N) is 2. The molecule has 0 saturated carbocycles. The Balaban J connectivity index is 1.89. The standard InChI is InChI=1S/C21H21N3O4/c1-4-24(15-7-12-19(28-3)22-13-15)21(26)17-10-11-18(23-20(17)25)14-5-8-16(27-2)9-6-14/h5-13H,4H2,1-3H3,(H,23,25). The molecule has 144 valence electrons. The van der Waals surface area contributed by atoms with Crippen LogP contribution in [-0.2, 0) is 0 Å². The molecule has 7 heteroatoms. The van der Waals surface area contributed by atoms with Crippen LogP contribution in [-0.4, -0.2) is 36.6 Å². The molecule has 2 aromatic heterocycles. The average molecular weight is 379 g/mol. The fraction of sp³-hybridized carbons (Fsp3) is 0.190. The van der Waals surface area contributed by atoms with Gasteiger partial charge in [-0.1, -0.05) is 0 Å². The van der Waals surface area contributed by atoms with E-state index in [1.165, 1.54) is 12.0 Å². The fourth-order valence-electron chi connectivity index (χ4n) is 2.82. The molecule has 7 nitrogen and oxygen atoms in total. The summed E-state index contributed by atoms with van der Waals surface area (Å²) in [6.45, 7) is 2.23. The quantitative estimate of drug-likeness (QED) is 0.711. The molecule has 0 aliphatic heterocycles. The Morgan fingerprint density at radius 2 is 1.79 bits per heavy atom. The first-order valence-corrected chi connectivity index (χ1v) is 8.77. The van der Waals surface area contributed by atoms with Gasteiger partial charge in [-0.15, -0.1) is 0 Å². The Bertz CT molecular complexity index is 1010. The zero-order valence-corrected chi connectivity index (χ0v) is 15.9. The third-order valence-electron chi connectivity index (χ3n) is 4.34. The average Bonchev–Trinajstić information content (AvgIpc) is 2.74. The molecule has 1 aromatic carbocycles. The van der Waals surface area contributed by atoms with Crippen molar-refractivity contribution >= 4 is 11.6 Å². The molecule has 28 heavy (non-hydrogen) atoms. The molecule has 0 aliphatic rings. The Kier molecular flexibility index (Phi) is 5.74. The van der Waals surface area contributed by atoms with Gasteiger partial charge in [0.15, 0.2) is 0 Å². The zero-order chi connectivity index (χ0) is 20.1. The van der Waals surface area contributed by atoms with Crippen LogP contribution < -0.4 is 19.9 Å². The molecule has 0 atom stereocenters. The van der Waals surface area contributed by atoms with Crippen LogP contribution in [0.4, 0.5) is 5.69 Å². The summed E-state index contributed by atoms with van der Waals surface area (Å²) in [5, 5.41) is 0. The number of ether oxygens (including phenoxy) is 2. The van der Waals surface area contributed by atoms with Gasteiger partial charge in [-0.3, -0.25) is 9.59 Å². The lowest BCUT2D eigenvalue weighted by Gasteiger charge is -2.20. The lowest BCUT2D eigenvalue weighted by Crippen LogP contribution is -2.34. The van der Waals surface area contributed by atoms with E-state index in [2.05, 4.69) is 9.97 Å². The minimum Gasteiger partial charge on any atom is -0.497 e. The van der Waals surface area contributed by atoms with Crippen LogP contribution in [0, 0.1) is 0 Å². The van der Waals surface area contributed by atoms with Crippen LogP contribution in [0.2, 0.25) is 0 Å². The van der Waals surface area contributed by atoms with E-state index in [9.17, 15) is 9.59 Å². The van der Waals surface area contributed by atoms with Crippen molar-refractivity contribution in [2.75, 3.05) is 25.7 Å². The van der Waals surface area contributed by atoms with E-state index in [0.717, 1.165) is 11.3 Å². The van der Waals surface area contributed by atoms with Gasteiger partial charge in [0, 0.05) is 18.3 Å². The van der Waals surface area contributed by atoms with Crippen LogP contribution in [0.5, 0.6) is 11.6 Å². The second kappa shape index (κ2) is 8.39. The molecule has 0 spiro atoms. The fourth-order valence-corrected chi connectivity index (χ4v) is 2.82. The van der Waals surface area contributed by atoms with Crippen molar-refractivity contribution in [2.45, 2.75) is 6.92 Å². The number of carbonyl (C=O) groups excluding carboxylic acids is 1. The molecule has 0 unspecified atom stereocenters. The van der Waals surface area contributed by atoms with E-state index in [1.807, 2.05) is 31.2 Å². The van der Waals surface area contributed by atoms with E-state index < -0.39 is 11.5 Å². The second-order valence-electron chi connectivity index (χ2n) is 5.95. The molecule has 3 aromatic rings. The Hall–Kier alpha value is -3.61. The molecule has 3 rings (SSSR count). The zero-order valence-electron chi connectivity index (χ0n) is 15.9. The van der Waals surface area contributed by atoms with Crippen molar-refractivity contribution < 1.29 is 14.3 Å². The lowest BCUT2D eigenvalue weighted by molar-refractivity contribution is 0.0986. The van der Waals surface area contributed by atoms with Crippen molar-refractivity contribution in [1.29, 1.82) is 0 Å². The first-order chi connectivity index (χ1) is 13.6. The first-order valence-electron chi connectivity index (χ1n) is 8.77. The van der Waals surface area contributed by atoms with Gasteiger partial charge in [0.25, 0.3) is 11.5 Å². The van der Waals surface area contributed by atoms with Gasteiger partial charge in [0.05, 0.1) is 26.1 Å². The van der Waals surface area contributed by atoms with Crippen LogP contribution >= 0.6 is 0 Å². The molecule has 2 heterocycles. The highest BCUT2D eigenvalue weighted by Crippen LogP contribution is 2.21. The summed E-state index contributed by atoms with van der Waals surface area (Å²) < 4.78 is 10.2. The first kappa shape index (κ1) is 19.2. The minimum absolute atomic E-state index is 0.0647. The van der Waals surface area contributed by atoms with E-state index in [4.69, 9.17) is 9.47 Å². The van der Waals surface area contributed by atoms with E-state index in [1.54, 1.807) is 37.6 Å². The summed E-state index contributed by atoms with van der Waals surface area (Å²) in [6, 6.07) is 14.0. The third kappa shape index (κ3) is 3.88. The van der Waals surface area contributed by atoms with Gasteiger partial charge in [0.1, 0.15) is 11.3 Å². The topological polar surface area (TPSA) is 84.5 Å². The van der Waals surface area contributed by atoms with E-state index >= 15 is 0 Å². The van der Waals surface area contributed by atoms with Gasteiger partial charge in [-0.25, -0.2) is 4.98 Å². The summed E-state index contributed by atoms with van der Waals surface area (Å²) in [5.74, 6) is 0.788. The lowest BCUT2D eigenvalue weighted by atomic mass is 10.1. The van der Waals surface area contributed by atoms with Crippen LogP contribution in [0.15, 0.2) is 59.5 Å². The van der Waals surface area contributed by atoms with Crippen molar-refractivity contribution in [2.24, 2.45) is 0 Å². The normalized spacial score (nSPS) is 10.4. The highest BCUT2D eigenvalue weighted by molar-refractivity contribution is 6.05. The van der Waals surface area contributed by atoms with Crippen LogP contribution in [0.1, 0.15) is 17.3 Å². The van der Waals surface area contributed by atoms with Gasteiger partial charge in [0.2, 0.25) is 5.88 Å². The molecule has 0 saturated heterocycles. The molecule has 0 bridgehead atoms. The smallest absolute Gasteiger partial charge is 0.263 e. The molecule has 0 radical (unpaired) electrons. The molecular formula is C21H21N3O4. The summed E-state index contributed by atoms with van der Waals surface area (Å²) in [5.41, 5.74) is 1.65. The number of nitrogens with one attached hydrogen (secondary N) is 1. The predicted molar refractivity (Wildman–Crippen MR) is 107 cm³/mol. The third-order valence-corrected chi connectivity index (χ3v) is 4.34. The monoisotopic (exact) mass is 379 g/mol. The number of anilines is 1. The van der Waals surface area contributed by atoms with Gasteiger partial charge < -0.3 is 19.4 Å². The summed E-state index contributed by atoms with van der Waals surface area (Å²) >= 11 is 0. The number of pyridine rings is 2. The van der Waals surface area contributed by atoms with E-state index in [0.29, 0.717) is 23.8 Å². The predicted octanol–water partition coefficient (Wildman–Crippen LogP) is 3.12. The number of aromatic amines is 1. The molecule has 0 fully saturated rings. The molecular weight excluding hydrogens is 358 g/mol. The van der Waals surface area contributed by atoms with Crippen LogP contribution in [0.3, 0.4) is 0 Å². The number of H-pyrrole nitrogens is 1. The number of rotatable bonds is 6. The van der Waals surface area contributed by atoms with Crippen molar-refractivity contribution in [3.8, 4) is 22.9 Å². The Morgan fingerprint density at radius 1 is 1.04 bits per heavy atom. The number of aromatic nitrogens is 2. The highest BCUT2D eigenvalue weighted by atomic mass is 16.5. The molecule has 0 aliphatic carbocycles. The van der Waals surface area contributed by atoms with Crippen molar-refractivity contribution in [1.82, 2.24) is 9.97 Å².